The highest BCUT2D eigenvalue weighted by molar-refractivity contribution is 5.82. The second-order valence-electron chi connectivity index (χ2n) is 5.96. The summed E-state index contributed by atoms with van der Waals surface area (Å²) in [5.74, 6) is 0.0907. The second kappa shape index (κ2) is 6.03. The number of rotatable bonds is 4. The van der Waals surface area contributed by atoms with E-state index < -0.39 is 0 Å². The molecular formula is C16H23N3O2. The van der Waals surface area contributed by atoms with E-state index in [2.05, 4.69) is 23.2 Å². The van der Waals surface area contributed by atoms with Gasteiger partial charge in [-0.25, -0.2) is 0 Å². The van der Waals surface area contributed by atoms with Gasteiger partial charge >= 0.3 is 0 Å². The van der Waals surface area contributed by atoms with Crippen molar-refractivity contribution in [2.75, 3.05) is 25.5 Å². The average molecular weight is 289 g/mol. The predicted octanol–water partition coefficient (Wildman–Crippen LogP) is 1.31. The fourth-order valence-corrected chi connectivity index (χ4v) is 2.84. The zero-order valence-electron chi connectivity index (χ0n) is 12.4. The standard InChI is InChI=1S/C16H23N3O2/c1-11(12-3-2-4-13(17)9-12)19-7-8-21-10-15(19)16(20)18-14-5-6-14/h2-4,9,11,14-15H,5-8,10,17H2,1H3,(H,18,20). The van der Waals surface area contributed by atoms with Gasteiger partial charge < -0.3 is 15.8 Å². The van der Waals surface area contributed by atoms with E-state index in [-0.39, 0.29) is 18.0 Å². The van der Waals surface area contributed by atoms with Crippen molar-refractivity contribution in [3.05, 3.63) is 29.8 Å². The number of nitrogens with two attached hydrogens (primary N) is 1. The molecule has 0 spiro atoms. The third-order valence-electron chi connectivity index (χ3n) is 4.29. The van der Waals surface area contributed by atoms with E-state index in [0.29, 0.717) is 19.3 Å². The lowest BCUT2D eigenvalue weighted by Gasteiger charge is -2.39. The number of nitrogens with zero attached hydrogens (tertiary/aromatic N) is 1. The number of nitrogen functional groups attached to an aromatic ring is 1. The minimum atomic E-state index is -0.212. The molecule has 1 amide bonds. The van der Waals surface area contributed by atoms with E-state index in [1.165, 1.54) is 0 Å². The molecule has 0 radical (unpaired) electrons. The highest BCUT2D eigenvalue weighted by Gasteiger charge is 2.35. The number of carbonyl (C=O) groups excluding carboxylic acids is 1. The lowest BCUT2D eigenvalue weighted by molar-refractivity contribution is -0.134. The van der Waals surface area contributed by atoms with Crippen LogP contribution < -0.4 is 11.1 Å². The molecule has 5 heteroatoms. The van der Waals surface area contributed by atoms with Gasteiger partial charge in [0, 0.05) is 24.3 Å². The largest absolute Gasteiger partial charge is 0.399 e. The van der Waals surface area contributed by atoms with Crippen LogP contribution in [0, 0.1) is 0 Å². The number of ether oxygens (including phenoxy) is 1. The Hall–Kier alpha value is -1.59. The van der Waals surface area contributed by atoms with Gasteiger partial charge in [0.25, 0.3) is 0 Å². The molecule has 2 aliphatic rings. The van der Waals surface area contributed by atoms with Crippen LogP contribution in [0.2, 0.25) is 0 Å². The lowest BCUT2D eigenvalue weighted by Crippen LogP contribution is -2.54. The summed E-state index contributed by atoms with van der Waals surface area (Å²) in [6.07, 6.45) is 2.20. The van der Waals surface area contributed by atoms with Gasteiger partial charge in [0.05, 0.1) is 13.2 Å². The Kier molecular flexibility index (Phi) is 4.12. The van der Waals surface area contributed by atoms with Crippen molar-refractivity contribution in [2.24, 2.45) is 0 Å². The van der Waals surface area contributed by atoms with E-state index >= 15 is 0 Å². The van der Waals surface area contributed by atoms with Crippen LogP contribution in [-0.2, 0) is 9.53 Å². The summed E-state index contributed by atoms with van der Waals surface area (Å²) in [5.41, 5.74) is 7.77. The van der Waals surface area contributed by atoms with Crippen LogP contribution in [0.5, 0.6) is 0 Å². The highest BCUT2D eigenvalue weighted by Crippen LogP contribution is 2.26. The molecule has 114 valence electrons. The Morgan fingerprint density at radius 1 is 1.48 bits per heavy atom. The smallest absolute Gasteiger partial charge is 0.239 e. The first-order chi connectivity index (χ1) is 10.1. The van der Waals surface area contributed by atoms with Crippen LogP contribution in [0.15, 0.2) is 24.3 Å². The van der Waals surface area contributed by atoms with Crippen LogP contribution in [0.25, 0.3) is 0 Å². The third kappa shape index (κ3) is 3.36. The van der Waals surface area contributed by atoms with Crippen LogP contribution in [-0.4, -0.2) is 42.6 Å². The monoisotopic (exact) mass is 289 g/mol. The number of amides is 1. The minimum Gasteiger partial charge on any atom is -0.399 e. The number of hydrogen-bond donors (Lipinski definition) is 2. The van der Waals surface area contributed by atoms with E-state index in [0.717, 1.165) is 30.6 Å². The summed E-state index contributed by atoms with van der Waals surface area (Å²) in [6.45, 7) is 4.02. The number of hydrogen-bond acceptors (Lipinski definition) is 4. The van der Waals surface area contributed by atoms with Crippen molar-refractivity contribution in [1.29, 1.82) is 0 Å². The Morgan fingerprint density at radius 2 is 2.29 bits per heavy atom. The first-order valence-corrected chi connectivity index (χ1v) is 7.64. The maximum absolute atomic E-state index is 12.4. The van der Waals surface area contributed by atoms with E-state index in [1.807, 2.05) is 18.2 Å². The molecule has 1 aromatic carbocycles. The Labute approximate surface area is 125 Å². The predicted molar refractivity (Wildman–Crippen MR) is 81.7 cm³/mol. The topological polar surface area (TPSA) is 67.6 Å². The fourth-order valence-electron chi connectivity index (χ4n) is 2.84. The summed E-state index contributed by atoms with van der Waals surface area (Å²) in [4.78, 5) is 14.6. The molecule has 2 unspecified atom stereocenters. The molecule has 21 heavy (non-hydrogen) atoms. The van der Waals surface area contributed by atoms with Gasteiger partial charge in [-0.15, -0.1) is 0 Å². The molecule has 2 fully saturated rings. The molecule has 3 rings (SSSR count). The SMILES string of the molecule is CC(c1cccc(N)c1)N1CCOCC1C(=O)NC1CC1. The summed E-state index contributed by atoms with van der Waals surface area (Å²) >= 11 is 0. The van der Waals surface area contributed by atoms with Gasteiger partial charge in [0.2, 0.25) is 5.91 Å². The number of benzene rings is 1. The molecule has 2 atom stereocenters. The maximum atomic E-state index is 12.4. The summed E-state index contributed by atoms with van der Waals surface area (Å²) < 4.78 is 5.52. The molecule has 1 saturated carbocycles. The normalized spacial score (nSPS) is 24.5. The molecule has 1 heterocycles. The first-order valence-electron chi connectivity index (χ1n) is 7.64. The van der Waals surface area contributed by atoms with Crippen LogP contribution in [0.3, 0.4) is 0 Å². The van der Waals surface area contributed by atoms with Gasteiger partial charge in [0.1, 0.15) is 6.04 Å². The van der Waals surface area contributed by atoms with Gasteiger partial charge in [-0.1, -0.05) is 12.1 Å². The zero-order valence-corrected chi connectivity index (χ0v) is 12.4. The minimum absolute atomic E-state index is 0.0907. The van der Waals surface area contributed by atoms with Crippen molar-refractivity contribution in [3.8, 4) is 0 Å². The van der Waals surface area contributed by atoms with Crippen molar-refractivity contribution >= 4 is 11.6 Å². The van der Waals surface area contributed by atoms with Gasteiger partial charge in [0.15, 0.2) is 0 Å². The Morgan fingerprint density at radius 3 is 3.00 bits per heavy atom. The van der Waals surface area contributed by atoms with E-state index in [9.17, 15) is 4.79 Å². The van der Waals surface area contributed by atoms with Crippen molar-refractivity contribution in [2.45, 2.75) is 37.9 Å². The van der Waals surface area contributed by atoms with Gasteiger partial charge in [-0.3, -0.25) is 9.69 Å². The summed E-state index contributed by atoms with van der Waals surface area (Å²) in [5, 5.41) is 3.09. The molecule has 3 N–H and O–H groups in total. The van der Waals surface area contributed by atoms with E-state index in [1.54, 1.807) is 0 Å². The lowest BCUT2D eigenvalue weighted by atomic mass is 10.0. The van der Waals surface area contributed by atoms with Crippen LogP contribution in [0.1, 0.15) is 31.4 Å². The molecule has 5 nitrogen and oxygen atoms in total. The summed E-state index contributed by atoms with van der Waals surface area (Å²) in [7, 11) is 0. The number of carbonyl (C=O) groups is 1. The fraction of sp³-hybridized carbons (Fsp3) is 0.562. The first kappa shape index (κ1) is 14.4. The highest BCUT2D eigenvalue weighted by atomic mass is 16.5. The molecule has 1 aromatic rings. The van der Waals surface area contributed by atoms with E-state index in [4.69, 9.17) is 10.5 Å². The maximum Gasteiger partial charge on any atom is 0.239 e. The molecule has 0 aromatic heterocycles. The second-order valence-corrected chi connectivity index (χ2v) is 5.96. The quantitative estimate of drug-likeness (QED) is 0.820. The third-order valence-corrected chi connectivity index (χ3v) is 4.29. The number of morpholine rings is 1. The number of anilines is 1. The molecular weight excluding hydrogens is 266 g/mol. The molecule has 1 aliphatic heterocycles. The van der Waals surface area contributed by atoms with Crippen molar-refractivity contribution < 1.29 is 9.53 Å². The number of nitrogens with one attached hydrogen (secondary N) is 1. The van der Waals surface area contributed by atoms with Crippen LogP contribution in [0.4, 0.5) is 5.69 Å². The van der Waals surface area contributed by atoms with Crippen molar-refractivity contribution in [1.82, 2.24) is 10.2 Å². The van der Waals surface area contributed by atoms with Crippen LogP contribution >= 0.6 is 0 Å². The van der Waals surface area contributed by atoms with Crippen molar-refractivity contribution in [3.63, 3.8) is 0 Å². The summed E-state index contributed by atoms with van der Waals surface area (Å²) in [6, 6.07) is 8.20. The molecule has 1 aliphatic carbocycles. The molecule has 1 saturated heterocycles. The molecule has 0 bridgehead atoms. The Bertz CT molecular complexity index is 516. The average Bonchev–Trinajstić information content (AvgIpc) is 3.30. The van der Waals surface area contributed by atoms with Gasteiger partial charge in [-0.2, -0.15) is 0 Å². The zero-order chi connectivity index (χ0) is 14.8. The van der Waals surface area contributed by atoms with Gasteiger partial charge in [-0.05, 0) is 37.5 Å². The Balaban J connectivity index is 1.74.